The van der Waals surface area contributed by atoms with Crippen LogP contribution < -0.4 is 5.73 Å². The molecule has 2 N–H and O–H groups in total. The van der Waals surface area contributed by atoms with E-state index in [1.165, 1.54) is 11.1 Å². The van der Waals surface area contributed by atoms with Crippen LogP contribution in [0, 0.1) is 12.8 Å². The normalized spacial score (nSPS) is 15.3. The Morgan fingerprint density at radius 1 is 1.12 bits per heavy atom. The molecule has 2 unspecified atom stereocenters. The molecule has 0 aromatic heterocycles. The Kier molecular flexibility index (Phi) is 5.16. The predicted molar refractivity (Wildman–Crippen MR) is 75.0 cm³/mol. The van der Waals surface area contributed by atoms with Crippen molar-refractivity contribution in [2.24, 2.45) is 11.7 Å². The lowest BCUT2D eigenvalue weighted by Gasteiger charge is -2.35. The van der Waals surface area contributed by atoms with Gasteiger partial charge in [0.25, 0.3) is 0 Å². The van der Waals surface area contributed by atoms with Gasteiger partial charge in [0.1, 0.15) is 0 Å². The monoisotopic (exact) mass is 234 g/mol. The van der Waals surface area contributed by atoms with E-state index in [1.54, 1.807) is 0 Å². The highest BCUT2D eigenvalue weighted by molar-refractivity contribution is 5.24. The molecule has 0 aliphatic carbocycles. The molecule has 0 amide bonds. The number of hydrogen-bond donors (Lipinski definition) is 1. The fourth-order valence-corrected chi connectivity index (χ4v) is 2.08. The molecule has 0 heterocycles. The third-order valence-electron chi connectivity index (χ3n) is 3.78. The van der Waals surface area contributed by atoms with Crippen molar-refractivity contribution in [3.8, 4) is 0 Å². The quantitative estimate of drug-likeness (QED) is 0.848. The Morgan fingerprint density at radius 3 is 2.06 bits per heavy atom. The summed E-state index contributed by atoms with van der Waals surface area (Å²) < 4.78 is 0. The highest BCUT2D eigenvalue weighted by Crippen LogP contribution is 2.23. The van der Waals surface area contributed by atoms with Crippen molar-refractivity contribution in [3.05, 3.63) is 35.4 Å². The van der Waals surface area contributed by atoms with Gasteiger partial charge in [-0.1, -0.05) is 43.7 Å². The Hall–Kier alpha value is -0.860. The second kappa shape index (κ2) is 6.18. The first-order valence-electron chi connectivity index (χ1n) is 6.46. The molecule has 96 valence electrons. The van der Waals surface area contributed by atoms with Gasteiger partial charge in [0.05, 0.1) is 0 Å². The van der Waals surface area contributed by atoms with Crippen molar-refractivity contribution >= 4 is 0 Å². The number of rotatable bonds is 5. The van der Waals surface area contributed by atoms with Crippen LogP contribution in [0.4, 0.5) is 0 Å². The van der Waals surface area contributed by atoms with Crippen LogP contribution in [-0.4, -0.2) is 24.5 Å². The first-order chi connectivity index (χ1) is 7.97. The van der Waals surface area contributed by atoms with E-state index >= 15 is 0 Å². The van der Waals surface area contributed by atoms with Crippen LogP contribution in [0.5, 0.6) is 0 Å². The average Bonchev–Trinajstić information content (AvgIpc) is 2.31. The van der Waals surface area contributed by atoms with Crippen molar-refractivity contribution in [2.75, 3.05) is 13.6 Å². The minimum Gasteiger partial charge on any atom is -0.329 e. The van der Waals surface area contributed by atoms with Gasteiger partial charge in [0.15, 0.2) is 0 Å². The van der Waals surface area contributed by atoms with Crippen LogP contribution >= 0.6 is 0 Å². The Labute approximate surface area is 106 Å². The van der Waals surface area contributed by atoms with Gasteiger partial charge in [-0.05, 0) is 32.4 Å². The summed E-state index contributed by atoms with van der Waals surface area (Å²) in [5.74, 6) is 0.638. The van der Waals surface area contributed by atoms with E-state index in [2.05, 4.69) is 63.9 Å². The highest BCUT2D eigenvalue weighted by Gasteiger charge is 2.21. The lowest BCUT2D eigenvalue weighted by molar-refractivity contribution is 0.152. The van der Waals surface area contributed by atoms with Crippen molar-refractivity contribution < 1.29 is 0 Å². The van der Waals surface area contributed by atoms with Crippen LogP contribution in [0.3, 0.4) is 0 Å². The molecular weight excluding hydrogens is 208 g/mol. The lowest BCUT2D eigenvalue weighted by Crippen LogP contribution is -2.39. The maximum atomic E-state index is 5.94. The minimum atomic E-state index is 0.313. The SMILES string of the molecule is Cc1ccc(C(CN)N(C)C(C)C(C)C)cc1. The Morgan fingerprint density at radius 2 is 1.65 bits per heavy atom. The fraction of sp³-hybridized carbons (Fsp3) is 0.600. The van der Waals surface area contributed by atoms with Gasteiger partial charge >= 0.3 is 0 Å². The number of likely N-dealkylation sites (N-methyl/N-ethyl adjacent to an activating group) is 1. The third kappa shape index (κ3) is 3.55. The molecule has 0 saturated heterocycles. The maximum Gasteiger partial charge on any atom is 0.0470 e. The molecule has 0 saturated carbocycles. The zero-order chi connectivity index (χ0) is 13.0. The summed E-state index contributed by atoms with van der Waals surface area (Å²) >= 11 is 0. The second-order valence-electron chi connectivity index (χ2n) is 5.31. The van der Waals surface area contributed by atoms with E-state index in [0.29, 0.717) is 24.5 Å². The number of hydrogen-bond acceptors (Lipinski definition) is 2. The van der Waals surface area contributed by atoms with E-state index in [0.717, 1.165) is 0 Å². The van der Waals surface area contributed by atoms with Crippen molar-refractivity contribution in [3.63, 3.8) is 0 Å². The second-order valence-corrected chi connectivity index (χ2v) is 5.31. The minimum absolute atomic E-state index is 0.313. The summed E-state index contributed by atoms with van der Waals surface area (Å²) in [6, 6.07) is 9.54. The van der Waals surface area contributed by atoms with Crippen molar-refractivity contribution in [1.29, 1.82) is 0 Å². The molecule has 1 aromatic carbocycles. The van der Waals surface area contributed by atoms with Crippen LogP contribution in [0.25, 0.3) is 0 Å². The Balaban J connectivity index is 2.87. The molecule has 0 aliphatic heterocycles. The summed E-state index contributed by atoms with van der Waals surface area (Å²) in [6.45, 7) is 9.55. The van der Waals surface area contributed by atoms with Gasteiger partial charge in [-0.3, -0.25) is 4.90 Å². The lowest BCUT2D eigenvalue weighted by atomic mass is 9.99. The summed E-state index contributed by atoms with van der Waals surface area (Å²) in [7, 11) is 2.17. The highest BCUT2D eigenvalue weighted by atomic mass is 15.2. The molecule has 0 aliphatic rings. The molecule has 0 spiro atoms. The zero-order valence-electron chi connectivity index (χ0n) is 11.8. The molecule has 0 bridgehead atoms. The molecule has 0 radical (unpaired) electrons. The summed E-state index contributed by atoms with van der Waals surface area (Å²) in [4.78, 5) is 2.38. The molecular formula is C15H26N2. The van der Waals surface area contributed by atoms with E-state index in [1.807, 2.05) is 0 Å². The van der Waals surface area contributed by atoms with Crippen molar-refractivity contribution in [2.45, 2.75) is 39.8 Å². The predicted octanol–water partition coefficient (Wildman–Crippen LogP) is 2.97. The topological polar surface area (TPSA) is 29.3 Å². The first-order valence-corrected chi connectivity index (χ1v) is 6.46. The summed E-state index contributed by atoms with van der Waals surface area (Å²) in [5, 5.41) is 0. The number of benzene rings is 1. The molecule has 2 nitrogen and oxygen atoms in total. The van der Waals surface area contributed by atoms with Gasteiger partial charge in [0.2, 0.25) is 0 Å². The van der Waals surface area contributed by atoms with Crippen LogP contribution in [0.1, 0.15) is 37.9 Å². The zero-order valence-corrected chi connectivity index (χ0v) is 11.8. The summed E-state index contributed by atoms with van der Waals surface area (Å²) in [6.07, 6.45) is 0. The summed E-state index contributed by atoms with van der Waals surface area (Å²) in [5.41, 5.74) is 8.55. The van der Waals surface area contributed by atoms with Gasteiger partial charge in [0, 0.05) is 18.6 Å². The largest absolute Gasteiger partial charge is 0.329 e. The van der Waals surface area contributed by atoms with Gasteiger partial charge in [-0.2, -0.15) is 0 Å². The number of aryl methyl sites for hydroxylation is 1. The smallest absolute Gasteiger partial charge is 0.0470 e. The third-order valence-corrected chi connectivity index (χ3v) is 3.78. The van der Waals surface area contributed by atoms with E-state index in [9.17, 15) is 0 Å². The number of nitrogens with two attached hydrogens (primary N) is 1. The molecule has 2 heteroatoms. The Bertz CT molecular complexity index is 329. The van der Waals surface area contributed by atoms with Gasteiger partial charge in [-0.25, -0.2) is 0 Å². The molecule has 2 atom stereocenters. The standard InChI is InChI=1S/C15H26N2/c1-11(2)13(4)17(5)15(10-16)14-8-6-12(3)7-9-14/h6-9,11,13,15H,10,16H2,1-5H3. The van der Waals surface area contributed by atoms with E-state index in [4.69, 9.17) is 5.73 Å². The van der Waals surface area contributed by atoms with Gasteiger partial charge < -0.3 is 5.73 Å². The van der Waals surface area contributed by atoms with Crippen LogP contribution in [0.15, 0.2) is 24.3 Å². The van der Waals surface area contributed by atoms with E-state index in [-0.39, 0.29) is 0 Å². The van der Waals surface area contributed by atoms with Gasteiger partial charge in [-0.15, -0.1) is 0 Å². The van der Waals surface area contributed by atoms with Crippen molar-refractivity contribution in [1.82, 2.24) is 4.90 Å². The van der Waals surface area contributed by atoms with Crippen LogP contribution in [-0.2, 0) is 0 Å². The molecule has 1 aromatic rings. The molecule has 17 heavy (non-hydrogen) atoms. The average molecular weight is 234 g/mol. The number of nitrogens with zero attached hydrogens (tertiary/aromatic N) is 1. The van der Waals surface area contributed by atoms with Crippen LogP contribution in [0.2, 0.25) is 0 Å². The molecule has 0 fully saturated rings. The van der Waals surface area contributed by atoms with E-state index < -0.39 is 0 Å². The maximum absolute atomic E-state index is 5.94. The first kappa shape index (κ1) is 14.2. The fourth-order valence-electron chi connectivity index (χ4n) is 2.08. The molecule has 1 rings (SSSR count).